The average molecular weight is 203 g/mol. The quantitative estimate of drug-likeness (QED) is 0.680. The molecule has 1 aromatic rings. The molecule has 0 spiro atoms. The number of aldehydes is 1. The third-order valence-electron chi connectivity index (χ3n) is 2.73. The number of hydrogen-bond acceptors (Lipinski definition) is 2. The summed E-state index contributed by atoms with van der Waals surface area (Å²) >= 11 is 0. The lowest BCUT2D eigenvalue weighted by Gasteiger charge is -2.15. The lowest BCUT2D eigenvalue weighted by molar-refractivity contribution is -0.110. The number of carbonyl (C=O) groups is 2. The van der Waals surface area contributed by atoms with E-state index in [4.69, 9.17) is 0 Å². The summed E-state index contributed by atoms with van der Waals surface area (Å²) < 4.78 is 0. The van der Waals surface area contributed by atoms with Crippen LogP contribution in [0.15, 0.2) is 30.3 Å². The normalized spacial score (nSPS) is 20.3. The van der Waals surface area contributed by atoms with E-state index in [9.17, 15) is 9.59 Å². The summed E-state index contributed by atoms with van der Waals surface area (Å²) in [5, 5.41) is 0. The molecule has 1 saturated heterocycles. The van der Waals surface area contributed by atoms with Gasteiger partial charge in [-0.15, -0.1) is 0 Å². The molecule has 3 nitrogen and oxygen atoms in total. The highest BCUT2D eigenvalue weighted by Crippen LogP contribution is 2.16. The van der Waals surface area contributed by atoms with Crippen LogP contribution >= 0.6 is 0 Å². The molecule has 1 aliphatic rings. The van der Waals surface area contributed by atoms with Crippen LogP contribution in [-0.4, -0.2) is 30.2 Å². The minimum Gasteiger partial charge on any atom is -0.338 e. The van der Waals surface area contributed by atoms with Crippen LogP contribution in [0.4, 0.5) is 0 Å². The van der Waals surface area contributed by atoms with Crippen molar-refractivity contribution in [3.63, 3.8) is 0 Å². The molecule has 0 aromatic heterocycles. The lowest BCUT2D eigenvalue weighted by Crippen LogP contribution is -2.28. The van der Waals surface area contributed by atoms with Crippen LogP contribution in [0.5, 0.6) is 0 Å². The van der Waals surface area contributed by atoms with Gasteiger partial charge in [0.15, 0.2) is 0 Å². The van der Waals surface area contributed by atoms with Gasteiger partial charge in [-0.3, -0.25) is 4.79 Å². The maximum absolute atomic E-state index is 11.9. The molecule has 1 aliphatic heterocycles. The third kappa shape index (κ3) is 2.06. The third-order valence-corrected chi connectivity index (χ3v) is 2.73. The second-order valence-electron chi connectivity index (χ2n) is 3.80. The molecule has 0 bridgehead atoms. The number of amides is 1. The fraction of sp³-hybridized carbons (Fsp3) is 0.333. The van der Waals surface area contributed by atoms with E-state index >= 15 is 0 Å². The highest BCUT2D eigenvalue weighted by Gasteiger charge is 2.26. The molecule has 0 saturated carbocycles. The zero-order valence-corrected chi connectivity index (χ0v) is 8.43. The van der Waals surface area contributed by atoms with E-state index in [0.29, 0.717) is 18.7 Å². The van der Waals surface area contributed by atoms with Crippen LogP contribution in [0, 0.1) is 5.92 Å². The van der Waals surface area contributed by atoms with E-state index < -0.39 is 0 Å². The zero-order valence-electron chi connectivity index (χ0n) is 8.43. The Morgan fingerprint density at radius 3 is 2.67 bits per heavy atom. The predicted octanol–water partition coefficient (Wildman–Crippen LogP) is 1.35. The van der Waals surface area contributed by atoms with Crippen molar-refractivity contribution in [2.75, 3.05) is 13.1 Å². The van der Waals surface area contributed by atoms with Gasteiger partial charge in [-0.1, -0.05) is 18.2 Å². The molecule has 1 amide bonds. The van der Waals surface area contributed by atoms with Crippen molar-refractivity contribution in [3.8, 4) is 0 Å². The first kappa shape index (κ1) is 9.90. The van der Waals surface area contributed by atoms with Crippen molar-refractivity contribution >= 4 is 12.2 Å². The molecule has 1 unspecified atom stereocenters. The Morgan fingerprint density at radius 2 is 2.07 bits per heavy atom. The Morgan fingerprint density at radius 1 is 1.33 bits per heavy atom. The minimum absolute atomic E-state index is 0.0256. The maximum Gasteiger partial charge on any atom is 0.253 e. The van der Waals surface area contributed by atoms with E-state index in [1.807, 2.05) is 18.2 Å². The molecule has 3 heteroatoms. The first-order chi connectivity index (χ1) is 7.31. The van der Waals surface area contributed by atoms with Crippen LogP contribution in [0.25, 0.3) is 0 Å². The van der Waals surface area contributed by atoms with E-state index in [2.05, 4.69) is 0 Å². The largest absolute Gasteiger partial charge is 0.338 e. The molecule has 1 heterocycles. The maximum atomic E-state index is 11.9. The summed E-state index contributed by atoms with van der Waals surface area (Å²) in [6.45, 7) is 1.26. The van der Waals surface area contributed by atoms with Gasteiger partial charge in [-0.05, 0) is 18.6 Å². The minimum atomic E-state index is 0.0256. The second kappa shape index (κ2) is 4.26. The second-order valence-corrected chi connectivity index (χ2v) is 3.80. The summed E-state index contributed by atoms with van der Waals surface area (Å²) in [5.74, 6) is 0.0533. The molecule has 1 aromatic carbocycles. The van der Waals surface area contributed by atoms with E-state index in [1.54, 1.807) is 17.0 Å². The Balaban J connectivity index is 2.07. The Hall–Kier alpha value is -1.64. The molecule has 78 valence electrons. The monoisotopic (exact) mass is 203 g/mol. The van der Waals surface area contributed by atoms with Gasteiger partial charge in [-0.25, -0.2) is 0 Å². The van der Waals surface area contributed by atoms with Gasteiger partial charge in [0.05, 0.1) is 0 Å². The van der Waals surface area contributed by atoms with Crippen molar-refractivity contribution in [1.82, 2.24) is 4.90 Å². The standard InChI is InChI=1S/C12H13NO2/c14-9-10-6-7-13(8-10)12(15)11-4-2-1-3-5-11/h1-5,9-10H,6-8H2. The van der Waals surface area contributed by atoms with E-state index in [0.717, 1.165) is 12.7 Å². The lowest BCUT2D eigenvalue weighted by atomic mass is 10.1. The van der Waals surface area contributed by atoms with Crippen LogP contribution in [-0.2, 0) is 4.79 Å². The Bertz CT molecular complexity index is 361. The molecule has 0 N–H and O–H groups in total. The molecule has 1 atom stereocenters. The van der Waals surface area contributed by atoms with Crippen molar-refractivity contribution in [2.45, 2.75) is 6.42 Å². The Labute approximate surface area is 88.7 Å². The van der Waals surface area contributed by atoms with Crippen LogP contribution in [0.1, 0.15) is 16.8 Å². The zero-order chi connectivity index (χ0) is 10.7. The molecular formula is C12H13NO2. The average Bonchev–Trinajstić information content (AvgIpc) is 2.78. The molecule has 0 aliphatic carbocycles. The highest BCUT2D eigenvalue weighted by atomic mass is 16.2. The van der Waals surface area contributed by atoms with Crippen molar-refractivity contribution < 1.29 is 9.59 Å². The number of benzene rings is 1. The summed E-state index contributed by atoms with van der Waals surface area (Å²) in [6.07, 6.45) is 1.74. The number of likely N-dealkylation sites (tertiary alicyclic amines) is 1. The first-order valence-electron chi connectivity index (χ1n) is 5.11. The SMILES string of the molecule is O=CC1CCN(C(=O)c2ccccc2)C1. The van der Waals surface area contributed by atoms with Crippen LogP contribution in [0.2, 0.25) is 0 Å². The molecule has 2 rings (SSSR count). The van der Waals surface area contributed by atoms with Gasteiger partial charge in [0.2, 0.25) is 0 Å². The van der Waals surface area contributed by atoms with Crippen LogP contribution < -0.4 is 0 Å². The highest BCUT2D eigenvalue weighted by molar-refractivity contribution is 5.94. The van der Waals surface area contributed by atoms with Crippen LogP contribution in [0.3, 0.4) is 0 Å². The number of carbonyl (C=O) groups excluding carboxylic acids is 2. The summed E-state index contributed by atoms with van der Waals surface area (Å²) in [5.41, 5.74) is 0.698. The van der Waals surface area contributed by atoms with Gasteiger partial charge >= 0.3 is 0 Å². The first-order valence-corrected chi connectivity index (χ1v) is 5.11. The van der Waals surface area contributed by atoms with Crippen molar-refractivity contribution in [1.29, 1.82) is 0 Å². The summed E-state index contributed by atoms with van der Waals surface area (Å²) in [7, 11) is 0. The topological polar surface area (TPSA) is 37.4 Å². The summed E-state index contributed by atoms with van der Waals surface area (Å²) in [4.78, 5) is 24.2. The van der Waals surface area contributed by atoms with Crippen molar-refractivity contribution in [2.24, 2.45) is 5.92 Å². The van der Waals surface area contributed by atoms with Gasteiger partial charge in [-0.2, -0.15) is 0 Å². The molecular weight excluding hydrogens is 190 g/mol. The smallest absolute Gasteiger partial charge is 0.253 e. The van der Waals surface area contributed by atoms with E-state index in [1.165, 1.54) is 0 Å². The van der Waals surface area contributed by atoms with Gasteiger partial charge in [0.1, 0.15) is 6.29 Å². The fourth-order valence-corrected chi connectivity index (χ4v) is 1.85. The molecule has 15 heavy (non-hydrogen) atoms. The number of nitrogens with zero attached hydrogens (tertiary/aromatic N) is 1. The number of hydrogen-bond donors (Lipinski definition) is 0. The molecule has 0 radical (unpaired) electrons. The predicted molar refractivity (Wildman–Crippen MR) is 56.5 cm³/mol. The molecule has 1 fully saturated rings. The Kier molecular flexibility index (Phi) is 2.81. The number of rotatable bonds is 2. The van der Waals surface area contributed by atoms with Gasteiger partial charge in [0.25, 0.3) is 5.91 Å². The summed E-state index contributed by atoms with van der Waals surface area (Å²) in [6, 6.07) is 9.18. The van der Waals surface area contributed by atoms with Gasteiger partial charge in [0, 0.05) is 24.6 Å². The van der Waals surface area contributed by atoms with E-state index in [-0.39, 0.29) is 11.8 Å². The van der Waals surface area contributed by atoms with Crippen molar-refractivity contribution in [3.05, 3.63) is 35.9 Å². The fourth-order valence-electron chi connectivity index (χ4n) is 1.85. The van der Waals surface area contributed by atoms with Gasteiger partial charge < -0.3 is 9.69 Å².